The van der Waals surface area contributed by atoms with E-state index in [0.29, 0.717) is 12.8 Å². The molecule has 0 spiro atoms. The van der Waals surface area contributed by atoms with Gasteiger partial charge in [0.1, 0.15) is 0 Å². The maximum Gasteiger partial charge on any atom is 0.315 e. The lowest BCUT2D eigenvalue weighted by Crippen LogP contribution is -2.44. The van der Waals surface area contributed by atoms with E-state index in [1.807, 2.05) is 26.0 Å². The van der Waals surface area contributed by atoms with Crippen LogP contribution in [-0.4, -0.2) is 23.1 Å². The number of aliphatic carboxylic acids is 1. The molecule has 0 aromatic carbocycles. The Bertz CT molecular complexity index is 507. The summed E-state index contributed by atoms with van der Waals surface area (Å²) in [6.45, 7) is 4.01. The van der Waals surface area contributed by atoms with Crippen molar-refractivity contribution in [2.75, 3.05) is 0 Å². The number of nitrogens with one attached hydrogen (secondary N) is 2. The third-order valence-electron chi connectivity index (χ3n) is 3.95. The quantitative estimate of drug-likeness (QED) is 0.799. The van der Waals surface area contributed by atoms with Gasteiger partial charge < -0.3 is 15.7 Å². The van der Waals surface area contributed by atoms with Crippen LogP contribution < -0.4 is 10.6 Å². The van der Waals surface area contributed by atoms with Crippen molar-refractivity contribution >= 4 is 23.3 Å². The molecule has 3 N–H and O–H groups in total. The standard InChI is InChI=1S/C15H22N2O3S/c1-9-3-8-13(21-9)10(2)16-15(20)17-12-6-4-11(5-7-12)14(18)19/h3,8,10-12H,4-7H2,1-2H3,(H,18,19)(H2,16,17,20). The monoisotopic (exact) mass is 310 g/mol. The van der Waals surface area contributed by atoms with Gasteiger partial charge >= 0.3 is 12.0 Å². The van der Waals surface area contributed by atoms with Crippen LogP contribution in [0.25, 0.3) is 0 Å². The van der Waals surface area contributed by atoms with Crippen LogP contribution in [0.2, 0.25) is 0 Å². The van der Waals surface area contributed by atoms with Crippen LogP contribution in [0.5, 0.6) is 0 Å². The van der Waals surface area contributed by atoms with Crippen LogP contribution in [0, 0.1) is 12.8 Å². The van der Waals surface area contributed by atoms with Crippen molar-refractivity contribution in [3.05, 3.63) is 21.9 Å². The second-order valence-electron chi connectivity index (χ2n) is 5.67. The second kappa shape index (κ2) is 6.93. The fourth-order valence-electron chi connectivity index (χ4n) is 2.67. The second-order valence-corrected chi connectivity index (χ2v) is 6.99. The fraction of sp³-hybridized carbons (Fsp3) is 0.600. The molecule has 6 heteroatoms. The Hall–Kier alpha value is -1.56. The normalized spacial score (nSPS) is 23.3. The van der Waals surface area contributed by atoms with Crippen molar-refractivity contribution < 1.29 is 14.7 Å². The molecule has 1 fully saturated rings. The highest BCUT2D eigenvalue weighted by Crippen LogP contribution is 2.25. The van der Waals surface area contributed by atoms with E-state index < -0.39 is 5.97 Å². The number of aryl methyl sites for hydroxylation is 1. The molecular weight excluding hydrogens is 288 g/mol. The Labute approximate surface area is 128 Å². The lowest BCUT2D eigenvalue weighted by Gasteiger charge is -2.27. The van der Waals surface area contributed by atoms with E-state index in [4.69, 9.17) is 5.11 Å². The number of carboxylic acids is 1. The lowest BCUT2D eigenvalue weighted by atomic mass is 9.86. The van der Waals surface area contributed by atoms with Crippen molar-refractivity contribution in [3.8, 4) is 0 Å². The molecule has 0 radical (unpaired) electrons. The number of carbonyl (C=O) groups excluding carboxylic acids is 1. The van der Waals surface area contributed by atoms with Gasteiger partial charge in [0, 0.05) is 15.8 Å². The number of hydrogen-bond acceptors (Lipinski definition) is 3. The molecule has 1 heterocycles. The van der Waals surface area contributed by atoms with Gasteiger partial charge in [-0.25, -0.2) is 4.79 Å². The molecular formula is C15H22N2O3S. The van der Waals surface area contributed by atoms with E-state index in [9.17, 15) is 9.59 Å². The Balaban J connectivity index is 1.76. The predicted molar refractivity (Wildman–Crippen MR) is 82.5 cm³/mol. The third-order valence-corrected chi connectivity index (χ3v) is 5.13. The molecule has 0 bridgehead atoms. The molecule has 2 amide bonds. The number of thiophene rings is 1. The van der Waals surface area contributed by atoms with E-state index in [2.05, 4.69) is 10.6 Å². The summed E-state index contributed by atoms with van der Waals surface area (Å²) in [6.07, 6.45) is 2.74. The average Bonchev–Trinajstić information content (AvgIpc) is 2.86. The molecule has 1 aromatic rings. The van der Waals surface area contributed by atoms with Gasteiger partial charge in [0.2, 0.25) is 0 Å². The number of carboxylic acid groups (broad SMARTS) is 1. The summed E-state index contributed by atoms with van der Waals surface area (Å²) in [5.41, 5.74) is 0. The largest absolute Gasteiger partial charge is 0.481 e. The molecule has 1 aromatic heterocycles. The Kier molecular flexibility index (Phi) is 5.22. The average molecular weight is 310 g/mol. The van der Waals surface area contributed by atoms with Crippen molar-refractivity contribution in [2.45, 2.75) is 51.6 Å². The highest BCUT2D eigenvalue weighted by Gasteiger charge is 2.26. The van der Waals surface area contributed by atoms with Crippen LogP contribution in [0.1, 0.15) is 48.4 Å². The van der Waals surface area contributed by atoms with Crippen molar-refractivity contribution in [1.82, 2.24) is 10.6 Å². The fourth-order valence-corrected chi connectivity index (χ4v) is 3.55. The minimum atomic E-state index is -0.723. The number of amides is 2. The van der Waals surface area contributed by atoms with Gasteiger partial charge in [0.15, 0.2) is 0 Å². The molecule has 0 saturated heterocycles. The van der Waals surface area contributed by atoms with Gasteiger partial charge in [0.25, 0.3) is 0 Å². The Morgan fingerprint density at radius 3 is 2.48 bits per heavy atom. The molecule has 21 heavy (non-hydrogen) atoms. The van der Waals surface area contributed by atoms with Crippen LogP contribution in [0.15, 0.2) is 12.1 Å². The molecule has 1 aliphatic rings. The van der Waals surface area contributed by atoms with E-state index >= 15 is 0 Å². The molecule has 5 nitrogen and oxygen atoms in total. The molecule has 0 aliphatic heterocycles. The molecule has 1 aliphatic carbocycles. The zero-order valence-corrected chi connectivity index (χ0v) is 13.2. The summed E-state index contributed by atoms with van der Waals surface area (Å²) in [5, 5.41) is 14.8. The number of rotatable bonds is 4. The summed E-state index contributed by atoms with van der Waals surface area (Å²) in [6, 6.07) is 3.97. The van der Waals surface area contributed by atoms with Crippen LogP contribution in [0.3, 0.4) is 0 Å². The van der Waals surface area contributed by atoms with Crippen LogP contribution in [0.4, 0.5) is 4.79 Å². The first-order valence-corrected chi connectivity index (χ1v) is 8.13. The van der Waals surface area contributed by atoms with Gasteiger partial charge in [-0.15, -0.1) is 11.3 Å². The smallest absolute Gasteiger partial charge is 0.315 e. The first kappa shape index (κ1) is 15.8. The zero-order chi connectivity index (χ0) is 15.4. The first-order valence-electron chi connectivity index (χ1n) is 7.32. The maximum atomic E-state index is 12.0. The number of urea groups is 1. The molecule has 1 unspecified atom stereocenters. The number of hydrogen-bond donors (Lipinski definition) is 3. The zero-order valence-electron chi connectivity index (χ0n) is 12.4. The highest BCUT2D eigenvalue weighted by molar-refractivity contribution is 7.12. The summed E-state index contributed by atoms with van der Waals surface area (Å²) < 4.78 is 0. The third kappa shape index (κ3) is 4.46. The summed E-state index contributed by atoms with van der Waals surface area (Å²) >= 11 is 1.68. The van der Waals surface area contributed by atoms with Crippen LogP contribution in [-0.2, 0) is 4.79 Å². The van der Waals surface area contributed by atoms with E-state index in [0.717, 1.165) is 17.7 Å². The van der Waals surface area contributed by atoms with Gasteiger partial charge in [-0.1, -0.05) is 0 Å². The van der Waals surface area contributed by atoms with Crippen molar-refractivity contribution in [1.29, 1.82) is 0 Å². The highest BCUT2D eigenvalue weighted by atomic mass is 32.1. The van der Waals surface area contributed by atoms with Gasteiger partial charge in [-0.3, -0.25) is 4.79 Å². The van der Waals surface area contributed by atoms with Gasteiger partial charge in [-0.2, -0.15) is 0 Å². The van der Waals surface area contributed by atoms with Crippen molar-refractivity contribution in [3.63, 3.8) is 0 Å². The molecule has 116 valence electrons. The maximum absolute atomic E-state index is 12.0. The number of carbonyl (C=O) groups is 2. The van der Waals surface area contributed by atoms with Crippen LogP contribution >= 0.6 is 11.3 Å². The summed E-state index contributed by atoms with van der Waals surface area (Å²) in [7, 11) is 0. The Morgan fingerprint density at radius 2 is 1.95 bits per heavy atom. The molecule has 2 rings (SSSR count). The predicted octanol–water partition coefficient (Wildman–Crippen LogP) is 3.06. The molecule has 1 atom stereocenters. The topological polar surface area (TPSA) is 78.4 Å². The first-order chi connectivity index (χ1) is 9.95. The van der Waals surface area contributed by atoms with Crippen molar-refractivity contribution in [2.24, 2.45) is 5.92 Å². The van der Waals surface area contributed by atoms with Gasteiger partial charge in [0.05, 0.1) is 12.0 Å². The van der Waals surface area contributed by atoms with E-state index in [-0.39, 0.29) is 24.0 Å². The Morgan fingerprint density at radius 1 is 1.29 bits per heavy atom. The minimum absolute atomic E-state index is 0.0148. The van der Waals surface area contributed by atoms with E-state index in [1.165, 1.54) is 4.88 Å². The minimum Gasteiger partial charge on any atom is -0.481 e. The lowest BCUT2D eigenvalue weighted by molar-refractivity contribution is -0.142. The summed E-state index contributed by atoms with van der Waals surface area (Å²) in [4.78, 5) is 25.2. The van der Waals surface area contributed by atoms with Gasteiger partial charge in [-0.05, 0) is 51.7 Å². The molecule has 1 saturated carbocycles. The van der Waals surface area contributed by atoms with E-state index in [1.54, 1.807) is 11.3 Å². The SMILES string of the molecule is Cc1ccc(C(C)NC(=O)NC2CCC(C(=O)O)CC2)s1. The summed E-state index contributed by atoms with van der Waals surface area (Å²) in [5.74, 6) is -0.973.